The molecule has 0 spiro atoms. The summed E-state index contributed by atoms with van der Waals surface area (Å²) in [6, 6.07) is 6.00. The van der Waals surface area contributed by atoms with Gasteiger partial charge in [0.2, 0.25) is 0 Å². The summed E-state index contributed by atoms with van der Waals surface area (Å²) in [5, 5.41) is 2.15. The topological polar surface area (TPSA) is 132 Å². The highest BCUT2D eigenvalue weighted by Crippen LogP contribution is 2.51. The zero-order chi connectivity index (χ0) is 27.9. The molecule has 3 aromatic rings. The molecule has 1 aromatic carbocycles. The van der Waals surface area contributed by atoms with Crippen LogP contribution in [-0.4, -0.2) is 44.8 Å². The van der Waals surface area contributed by atoms with E-state index in [-0.39, 0.29) is 29.1 Å². The lowest BCUT2D eigenvalue weighted by molar-refractivity contribution is -0.137. The Hall–Kier alpha value is -3.48. The number of hydrogen-bond acceptors (Lipinski definition) is 9. The van der Waals surface area contributed by atoms with Crippen molar-refractivity contribution in [1.82, 2.24) is 15.0 Å². The van der Waals surface area contributed by atoms with Gasteiger partial charge in [-0.3, -0.25) is 9.98 Å². The molecule has 38 heavy (non-hydrogen) atoms. The molecule has 13 heteroatoms. The minimum Gasteiger partial charge on any atom is -0.487 e. The van der Waals surface area contributed by atoms with Crippen molar-refractivity contribution < 1.29 is 26.3 Å². The Balaban J connectivity index is 1.64. The summed E-state index contributed by atoms with van der Waals surface area (Å²) >= 11 is 0. The number of sulfone groups is 1. The Morgan fingerprint density at radius 2 is 1.79 bits per heavy atom. The average molecular weight is 549 g/mol. The number of ether oxygens (including phenoxy) is 1. The molecule has 0 fully saturated rings. The summed E-state index contributed by atoms with van der Waals surface area (Å²) in [6.07, 6.45) is -2.51. The summed E-state index contributed by atoms with van der Waals surface area (Å²) in [5.41, 5.74) is 4.37. The molecule has 2 atom stereocenters. The molecule has 4 heterocycles. The number of anilines is 2. The van der Waals surface area contributed by atoms with Gasteiger partial charge in [0.25, 0.3) is 0 Å². The van der Waals surface area contributed by atoms with E-state index in [0.717, 1.165) is 18.6 Å². The van der Waals surface area contributed by atoms with Crippen LogP contribution in [-0.2, 0) is 21.6 Å². The Kier molecular flexibility index (Phi) is 5.51. The quantitative estimate of drug-likeness (QED) is 0.479. The number of hydrogen-bond donors (Lipinski definition) is 2. The van der Waals surface area contributed by atoms with Crippen molar-refractivity contribution in [3.05, 3.63) is 47.9 Å². The smallest absolute Gasteiger partial charge is 0.417 e. The highest BCUT2D eigenvalue weighted by atomic mass is 32.2. The number of fused-ring (bicyclic) bond motifs is 4. The van der Waals surface area contributed by atoms with Gasteiger partial charge in [0.15, 0.2) is 15.7 Å². The average Bonchev–Trinajstić information content (AvgIpc) is 2.90. The zero-order valence-electron chi connectivity index (χ0n) is 21.4. The van der Waals surface area contributed by atoms with Gasteiger partial charge in [0, 0.05) is 23.9 Å². The van der Waals surface area contributed by atoms with Crippen molar-refractivity contribution in [1.29, 1.82) is 0 Å². The lowest BCUT2D eigenvalue weighted by Crippen LogP contribution is -2.60. The molecule has 2 aliphatic rings. The molecule has 0 radical (unpaired) electrons. The van der Waals surface area contributed by atoms with E-state index in [9.17, 15) is 21.6 Å². The van der Waals surface area contributed by atoms with Crippen LogP contribution in [0.2, 0.25) is 0 Å². The van der Waals surface area contributed by atoms with Gasteiger partial charge >= 0.3 is 6.18 Å². The lowest BCUT2D eigenvalue weighted by atomic mass is 9.84. The third kappa shape index (κ3) is 3.94. The predicted octanol–water partition coefficient (Wildman–Crippen LogP) is 4.50. The molecular formula is C25H27F3N6O3S. The summed E-state index contributed by atoms with van der Waals surface area (Å²) in [4.78, 5) is 16.8. The van der Waals surface area contributed by atoms with Crippen LogP contribution in [0.3, 0.4) is 0 Å². The van der Waals surface area contributed by atoms with Gasteiger partial charge < -0.3 is 15.8 Å². The number of aliphatic imine (C=N–C) groups is 1. The second-order valence-electron chi connectivity index (χ2n) is 10.9. The van der Waals surface area contributed by atoms with E-state index >= 15 is 0 Å². The third-order valence-electron chi connectivity index (χ3n) is 7.34. The Bertz CT molecular complexity index is 1600. The van der Waals surface area contributed by atoms with Gasteiger partial charge in [-0.1, -0.05) is 0 Å². The number of amidine groups is 1. The first-order valence-electron chi connectivity index (χ1n) is 11.8. The molecule has 0 aliphatic carbocycles. The predicted molar refractivity (Wildman–Crippen MR) is 137 cm³/mol. The van der Waals surface area contributed by atoms with Crippen molar-refractivity contribution in [3.8, 4) is 5.75 Å². The van der Waals surface area contributed by atoms with Crippen LogP contribution in [0.5, 0.6) is 5.75 Å². The molecule has 2 aliphatic heterocycles. The number of nitrogens with zero attached hydrogens (tertiary/aromatic N) is 4. The number of pyridine rings is 1. The Morgan fingerprint density at radius 1 is 1.08 bits per heavy atom. The van der Waals surface area contributed by atoms with Crippen LogP contribution in [0.1, 0.15) is 52.2 Å². The normalized spacial score (nSPS) is 25.4. The molecule has 9 nitrogen and oxygen atoms in total. The molecule has 0 saturated carbocycles. The highest BCUT2D eigenvalue weighted by molar-refractivity contribution is 7.94. The maximum Gasteiger partial charge on any atom is 0.417 e. The van der Waals surface area contributed by atoms with Gasteiger partial charge in [-0.05, 0) is 58.9 Å². The molecule has 2 aromatic heterocycles. The summed E-state index contributed by atoms with van der Waals surface area (Å²) < 4.78 is 72.0. The number of nitrogens with one attached hydrogen (secondary N) is 1. The first kappa shape index (κ1) is 26.1. The second-order valence-corrected chi connectivity index (χ2v) is 13.6. The fourth-order valence-electron chi connectivity index (χ4n) is 5.01. The Morgan fingerprint density at radius 3 is 2.47 bits per heavy atom. The molecule has 5 rings (SSSR count). The number of aromatic nitrogens is 3. The number of halogens is 3. The number of benzene rings is 1. The van der Waals surface area contributed by atoms with Crippen molar-refractivity contribution in [3.63, 3.8) is 0 Å². The fourth-order valence-corrected chi connectivity index (χ4v) is 7.46. The van der Waals surface area contributed by atoms with Crippen LogP contribution in [0.15, 0.2) is 41.8 Å². The summed E-state index contributed by atoms with van der Waals surface area (Å²) in [5.74, 6) is 0.643. The number of nitrogens with two attached hydrogens (primary N) is 1. The van der Waals surface area contributed by atoms with E-state index in [1.165, 1.54) is 0 Å². The molecule has 3 N–H and O–H groups in total. The van der Waals surface area contributed by atoms with Crippen molar-refractivity contribution in [2.45, 2.75) is 68.4 Å². The van der Waals surface area contributed by atoms with Crippen LogP contribution in [0.25, 0.3) is 11.0 Å². The van der Waals surface area contributed by atoms with E-state index in [4.69, 9.17) is 15.5 Å². The second kappa shape index (κ2) is 8.01. The van der Waals surface area contributed by atoms with Gasteiger partial charge in [0.1, 0.15) is 39.3 Å². The Labute approximate surface area is 217 Å². The van der Waals surface area contributed by atoms with Crippen molar-refractivity contribution in [2.24, 2.45) is 10.7 Å². The van der Waals surface area contributed by atoms with E-state index in [0.29, 0.717) is 17.0 Å². The van der Waals surface area contributed by atoms with Gasteiger partial charge in [0.05, 0.1) is 16.3 Å². The minimum absolute atomic E-state index is 0.00623. The maximum atomic E-state index is 13.8. The van der Waals surface area contributed by atoms with E-state index in [1.807, 2.05) is 13.8 Å². The monoisotopic (exact) mass is 548 g/mol. The maximum absolute atomic E-state index is 13.8. The standard InChI is InChI=1S/C25H27F3N6O3S/c1-22(2)10-18-24(5,34-21(29)23(3,4)38(18,35)36)15-9-14(6-7-17(15)37-22)33-20-19-16(31-12-32-20)8-13(11-30-19)25(26,27)28/h6-9,11-12,18H,10H2,1-5H3,(H2,29,34)(H,31,32,33)/t18-,24-/m1/s1. The van der Waals surface area contributed by atoms with Crippen molar-refractivity contribution in [2.75, 3.05) is 5.32 Å². The van der Waals surface area contributed by atoms with Crippen molar-refractivity contribution >= 4 is 38.2 Å². The zero-order valence-corrected chi connectivity index (χ0v) is 22.2. The van der Waals surface area contributed by atoms with Crippen LogP contribution in [0.4, 0.5) is 24.7 Å². The fraction of sp³-hybridized carbons (Fsp3) is 0.440. The molecule has 0 saturated heterocycles. The van der Waals surface area contributed by atoms with E-state index in [2.05, 4.69) is 20.3 Å². The summed E-state index contributed by atoms with van der Waals surface area (Å²) in [7, 11) is -3.80. The first-order valence-corrected chi connectivity index (χ1v) is 13.4. The minimum atomic E-state index is -4.56. The molecular weight excluding hydrogens is 521 g/mol. The highest BCUT2D eigenvalue weighted by Gasteiger charge is 2.59. The molecule has 0 amide bonds. The van der Waals surface area contributed by atoms with Crippen LogP contribution >= 0.6 is 0 Å². The van der Waals surface area contributed by atoms with Crippen LogP contribution in [0, 0.1) is 0 Å². The largest absolute Gasteiger partial charge is 0.487 e. The first-order chi connectivity index (χ1) is 17.5. The molecule has 202 valence electrons. The molecule has 0 bridgehead atoms. The van der Waals surface area contributed by atoms with Gasteiger partial charge in [-0.25, -0.2) is 18.4 Å². The number of rotatable bonds is 2. The van der Waals surface area contributed by atoms with E-state index < -0.39 is 42.7 Å². The van der Waals surface area contributed by atoms with Gasteiger partial charge in [-0.15, -0.1) is 0 Å². The summed E-state index contributed by atoms with van der Waals surface area (Å²) in [6.45, 7) is 8.48. The SMILES string of the molecule is CC1(C)C[C@@H]2[C@](C)(N=C(N)C(C)(C)S2(=O)=O)c2cc(Nc3ncnc4cc(C(F)(F)F)cnc34)ccc2O1. The number of alkyl halides is 3. The lowest BCUT2D eigenvalue weighted by Gasteiger charge is -2.44. The molecule has 0 unspecified atom stereocenters. The third-order valence-corrected chi connectivity index (χ3v) is 10.3. The van der Waals surface area contributed by atoms with Crippen LogP contribution < -0.4 is 15.8 Å². The van der Waals surface area contributed by atoms with E-state index in [1.54, 1.807) is 39.0 Å². The van der Waals surface area contributed by atoms with Gasteiger partial charge in [-0.2, -0.15) is 13.2 Å².